The summed E-state index contributed by atoms with van der Waals surface area (Å²) in [6.45, 7) is 0.845. The van der Waals surface area contributed by atoms with Gasteiger partial charge in [0.25, 0.3) is 0 Å². The zero-order valence-electron chi connectivity index (χ0n) is 17.3. The monoisotopic (exact) mass is 434 g/mol. The summed E-state index contributed by atoms with van der Waals surface area (Å²) >= 11 is 5.74. The van der Waals surface area contributed by atoms with Crippen molar-refractivity contribution in [2.45, 2.75) is 31.8 Å². The number of nitrogens with zero attached hydrogens (tertiary/aromatic N) is 2. The minimum Gasteiger partial charge on any atom is -0.493 e. The Kier molecular flexibility index (Phi) is 7.63. The van der Waals surface area contributed by atoms with Crippen molar-refractivity contribution < 1.29 is 23.5 Å². The van der Waals surface area contributed by atoms with Crippen LogP contribution in [0, 0.1) is 0 Å². The third-order valence-corrected chi connectivity index (χ3v) is 5.35. The molecule has 1 aromatic heterocycles. The first-order chi connectivity index (χ1) is 14.5. The SMILES string of the molecule is COc1ccc(CCN(Cc2ccco2)C(=O)CN(C(=O)CCl)C2CC2)cc1OC. The van der Waals surface area contributed by atoms with Crippen molar-refractivity contribution in [3.63, 3.8) is 0 Å². The zero-order valence-corrected chi connectivity index (χ0v) is 18.1. The van der Waals surface area contributed by atoms with E-state index in [0.717, 1.165) is 18.4 Å². The summed E-state index contributed by atoms with van der Waals surface area (Å²) in [5, 5.41) is 0. The number of ether oxygens (including phenoxy) is 2. The van der Waals surface area contributed by atoms with E-state index < -0.39 is 0 Å². The lowest BCUT2D eigenvalue weighted by molar-refractivity contribution is -0.140. The van der Waals surface area contributed by atoms with Gasteiger partial charge in [-0.2, -0.15) is 0 Å². The van der Waals surface area contributed by atoms with Gasteiger partial charge in [-0.15, -0.1) is 11.6 Å². The highest BCUT2D eigenvalue weighted by molar-refractivity contribution is 6.27. The van der Waals surface area contributed by atoms with Crippen molar-refractivity contribution in [3.8, 4) is 11.5 Å². The van der Waals surface area contributed by atoms with Gasteiger partial charge in [0.2, 0.25) is 11.8 Å². The van der Waals surface area contributed by atoms with E-state index in [-0.39, 0.29) is 30.3 Å². The van der Waals surface area contributed by atoms with Crippen molar-refractivity contribution >= 4 is 23.4 Å². The van der Waals surface area contributed by atoms with E-state index in [4.69, 9.17) is 25.5 Å². The molecule has 3 rings (SSSR count). The number of halogens is 1. The van der Waals surface area contributed by atoms with Crippen LogP contribution in [-0.2, 0) is 22.6 Å². The van der Waals surface area contributed by atoms with Crippen LogP contribution in [0.15, 0.2) is 41.0 Å². The fourth-order valence-electron chi connectivity index (χ4n) is 3.31. The van der Waals surface area contributed by atoms with E-state index in [1.807, 2.05) is 24.3 Å². The van der Waals surface area contributed by atoms with Crippen molar-refractivity contribution in [1.82, 2.24) is 9.80 Å². The van der Waals surface area contributed by atoms with E-state index in [1.165, 1.54) is 0 Å². The van der Waals surface area contributed by atoms with Gasteiger partial charge in [-0.1, -0.05) is 6.07 Å². The smallest absolute Gasteiger partial charge is 0.242 e. The summed E-state index contributed by atoms with van der Waals surface area (Å²) < 4.78 is 16.1. The predicted molar refractivity (Wildman–Crippen MR) is 113 cm³/mol. The second-order valence-electron chi connectivity index (χ2n) is 7.22. The summed E-state index contributed by atoms with van der Waals surface area (Å²) in [5.41, 5.74) is 1.01. The normalized spacial score (nSPS) is 13.0. The first-order valence-electron chi connectivity index (χ1n) is 9.92. The molecule has 1 aromatic carbocycles. The molecule has 0 spiro atoms. The Morgan fingerprint density at radius 2 is 1.90 bits per heavy atom. The lowest BCUT2D eigenvalue weighted by Crippen LogP contribution is -2.44. The average molecular weight is 435 g/mol. The molecule has 0 radical (unpaired) electrons. The van der Waals surface area contributed by atoms with Gasteiger partial charge in [-0.25, -0.2) is 0 Å². The van der Waals surface area contributed by atoms with Crippen LogP contribution in [-0.4, -0.2) is 60.8 Å². The molecule has 0 saturated heterocycles. The van der Waals surface area contributed by atoms with Crippen LogP contribution in [0.5, 0.6) is 11.5 Å². The van der Waals surface area contributed by atoms with E-state index in [9.17, 15) is 9.59 Å². The molecule has 8 heteroatoms. The quantitative estimate of drug-likeness (QED) is 0.508. The van der Waals surface area contributed by atoms with E-state index >= 15 is 0 Å². The summed E-state index contributed by atoms with van der Waals surface area (Å²) in [4.78, 5) is 28.6. The number of carbonyl (C=O) groups excluding carboxylic acids is 2. The zero-order chi connectivity index (χ0) is 21.5. The summed E-state index contributed by atoms with van der Waals surface area (Å²) in [6.07, 6.45) is 4.04. The lowest BCUT2D eigenvalue weighted by Gasteiger charge is -2.27. The fraction of sp³-hybridized carbons (Fsp3) is 0.455. The lowest BCUT2D eigenvalue weighted by atomic mass is 10.1. The number of furan rings is 1. The van der Waals surface area contributed by atoms with Gasteiger partial charge in [0.15, 0.2) is 11.5 Å². The Labute approximate surface area is 181 Å². The second kappa shape index (κ2) is 10.4. The molecule has 0 unspecified atom stereocenters. The molecule has 7 nitrogen and oxygen atoms in total. The third-order valence-electron chi connectivity index (χ3n) is 5.13. The number of alkyl halides is 1. The van der Waals surface area contributed by atoms with Gasteiger partial charge in [0, 0.05) is 12.6 Å². The van der Waals surface area contributed by atoms with E-state index in [0.29, 0.717) is 36.8 Å². The molecular formula is C22H27ClN2O5. The van der Waals surface area contributed by atoms with Crippen LogP contribution in [0.2, 0.25) is 0 Å². The minimum absolute atomic E-state index is 0.0306. The Balaban J connectivity index is 1.70. The molecule has 2 aromatic rings. The minimum atomic E-state index is -0.203. The number of hydrogen-bond acceptors (Lipinski definition) is 5. The standard InChI is InChI=1S/C22H27ClN2O5/c1-28-19-8-5-16(12-20(19)29-2)9-10-24(14-18-4-3-11-30-18)22(27)15-25(17-6-7-17)21(26)13-23/h3-5,8,11-12,17H,6-7,9-10,13-15H2,1-2H3. The van der Waals surface area contributed by atoms with Gasteiger partial charge in [0.1, 0.15) is 18.2 Å². The maximum Gasteiger partial charge on any atom is 0.242 e. The van der Waals surface area contributed by atoms with E-state index in [1.54, 1.807) is 36.3 Å². The molecular weight excluding hydrogens is 408 g/mol. The average Bonchev–Trinajstić information content (AvgIpc) is 3.48. The predicted octanol–water partition coefficient (Wildman–Crippen LogP) is 3.10. The molecule has 1 aliphatic rings. The molecule has 0 N–H and O–H groups in total. The third kappa shape index (κ3) is 5.69. The molecule has 162 valence electrons. The van der Waals surface area contributed by atoms with Crippen LogP contribution in [0.25, 0.3) is 0 Å². The van der Waals surface area contributed by atoms with Gasteiger partial charge >= 0.3 is 0 Å². The van der Waals surface area contributed by atoms with Crippen LogP contribution in [0.3, 0.4) is 0 Å². The molecule has 1 saturated carbocycles. The summed E-state index contributed by atoms with van der Waals surface area (Å²) in [5.74, 6) is 1.55. The number of carbonyl (C=O) groups is 2. The number of amides is 2. The number of benzene rings is 1. The summed E-state index contributed by atoms with van der Waals surface area (Å²) in [7, 11) is 3.18. The van der Waals surface area contributed by atoms with Crippen molar-refractivity contribution in [2.24, 2.45) is 0 Å². The molecule has 1 fully saturated rings. The Bertz CT molecular complexity index is 851. The first kappa shape index (κ1) is 22.0. The topological polar surface area (TPSA) is 72.2 Å². The Morgan fingerprint density at radius 3 is 2.50 bits per heavy atom. The Hall–Kier alpha value is -2.67. The van der Waals surface area contributed by atoms with Crippen molar-refractivity contribution in [2.75, 3.05) is 33.2 Å². The summed E-state index contributed by atoms with van der Waals surface area (Å²) in [6, 6.07) is 9.45. The van der Waals surface area contributed by atoms with Crippen LogP contribution >= 0.6 is 11.6 Å². The Morgan fingerprint density at radius 1 is 1.13 bits per heavy atom. The highest BCUT2D eigenvalue weighted by Crippen LogP contribution is 2.28. The van der Waals surface area contributed by atoms with Gasteiger partial charge in [-0.3, -0.25) is 9.59 Å². The first-order valence-corrected chi connectivity index (χ1v) is 10.5. The maximum atomic E-state index is 13.1. The van der Waals surface area contributed by atoms with Crippen LogP contribution in [0.1, 0.15) is 24.2 Å². The largest absolute Gasteiger partial charge is 0.493 e. The molecule has 2 amide bonds. The van der Waals surface area contributed by atoms with Crippen molar-refractivity contribution in [1.29, 1.82) is 0 Å². The molecule has 1 heterocycles. The second-order valence-corrected chi connectivity index (χ2v) is 7.49. The van der Waals surface area contributed by atoms with Gasteiger partial charge in [0.05, 0.1) is 27.0 Å². The maximum absolute atomic E-state index is 13.1. The van der Waals surface area contributed by atoms with Crippen LogP contribution < -0.4 is 9.47 Å². The fourth-order valence-corrected chi connectivity index (χ4v) is 3.47. The van der Waals surface area contributed by atoms with Crippen molar-refractivity contribution in [3.05, 3.63) is 47.9 Å². The molecule has 0 aliphatic heterocycles. The molecule has 1 aliphatic carbocycles. The number of rotatable bonds is 11. The highest BCUT2D eigenvalue weighted by Gasteiger charge is 2.34. The highest BCUT2D eigenvalue weighted by atomic mass is 35.5. The number of methoxy groups -OCH3 is 2. The van der Waals surface area contributed by atoms with Gasteiger partial charge < -0.3 is 23.7 Å². The van der Waals surface area contributed by atoms with Crippen LogP contribution in [0.4, 0.5) is 0 Å². The van der Waals surface area contributed by atoms with E-state index in [2.05, 4.69) is 0 Å². The molecule has 0 atom stereocenters. The van der Waals surface area contributed by atoms with Gasteiger partial charge in [-0.05, 0) is 49.1 Å². The molecule has 30 heavy (non-hydrogen) atoms. The molecule has 0 bridgehead atoms. The number of hydrogen-bond donors (Lipinski definition) is 0.